The van der Waals surface area contributed by atoms with Crippen LogP contribution in [0.5, 0.6) is 5.75 Å². The fraction of sp³-hybridized carbons (Fsp3) is 0.182. The van der Waals surface area contributed by atoms with Crippen LogP contribution >= 0.6 is 0 Å². The molecule has 2 N–H and O–H groups in total. The van der Waals surface area contributed by atoms with Gasteiger partial charge in [-0.3, -0.25) is 4.79 Å². The second-order valence-electron chi connectivity index (χ2n) is 6.38. The van der Waals surface area contributed by atoms with E-state index in [2.05, 4.69) is 35.5 Å². The van der Waals surface area contributed by atoms with Crippen molar-refractivity contribution in [1.82, 2.24) is 4.98 Å². The van der Waals surface area contributed by atoms with Crippen molar-refractivity contribution in [2.75, 3.05) is 17.7 Å². The number of aromatic nitrogens is 1. The number of aryl methyl sites for hydroxylation is 1. The number of nitrogens with one attached hydrogen (secondary N) is 2. The van der Waals surface area contributed by atoms with Gasteiger partial charge in [-0.1, -0.05) is 24.3 Å². The third kappa shape index (κ3) is 4.85. The van der Waals surface area contributed by atoms with E-state index in [1.54, 1.807) is 19.4 Å². The molecule has 138 valence electrons. The first kappa shape index (κ1) is 18.5. The third-order valence-corrected chi connectivity index (χ3v) is 4.44. The van der Waals surface area contributed by atoms with Gasteiger partial charge in [0.25, 0.3) is 0 Å². The molecule has 0 fully saturated rings. The lowest BCUT2D eigenvalue weighted by Crippen LogP contribution is -2.15. The molecule has 0 saturated heterocycles. The predicted octanol–water partition coefficient (Wildman–Crippen LogP) is 4.63. The Bertz CT molecular complexity index is 919. The van der Waals surface area contributed by atoms with E-state index in [4.69, 9.17) is 4.74 Å². The average molecular weight is 361 g/mol. The third-order valence-electron chi connectivity index (χ3n) is 4.44. The molecule has 1 heterocycles. The Hall–Kier alpha value is -3.34. The maximum atomic E-state index is 12.2. The Balaban J connectivity index is 1.59. The summed E-state index contributed by atoms with van der Waals surface area (Å²) in [5.41, 5.74) is 5.27. The maximum Gasteiger partial charge on any atom is 0.229 e. The SMILES string of the molecule is COc1ccc(CC(=O)Nc2ccc(Nc3cccc(C)c3C)cn2)cc1. The Morgan fingerprint density at radius 2 is 1.81 bits per heavy atom. The summed E-state index contributed by atoms with van der Waals surface area (Å²) in [6.07, 6.45) is 2.00. The van der Waals surface area contributed by atoms with Crippen LogP contribution in [0.2, 0.25) is 0 Å². The van der Waals surface area contributed by atoms with E-state index in [9.17, 15) is 4.79 Å². The molecule has 5 nitrogen and oxygen atoms in total. The van der Waals surface area contributed by atoms with Gasteiger partial charge in [0.2, 0.25) is 5.91 Å². The van der Waals surface area contributed by atoms with Crippen molar-refractivity contribution in [3.8, 4) is 5.75 Å². The average Bonchev–Trinajstić information content (AvgIpc) is 2.67. The predicted molar refractivity (Wildman–Crippen MR) is 109 cm³/mol. The summed E-state index contributed by atoms with van der Waals surface area (Å²) in [7, 11) is 1.62. The molecule has 2 aromatic carbocycles. The molecule has 0 aliphatic rings. The number of hydrogen-bond acceptors (Lipinski definition) is 4. The fourth-order valence-electron chi connectivity index (χ4n) is 2.70. The van der Waals surface area contributed by atoms with E-state index in [-0.39, 0.29) is 12.3 Å². The molecule has 0 radical (unpaired) electrons. The molecular weight excluding hydrogens is 338 g/mol. The van der Waals surface area contributed by atoms with E-state index in [1.165, 1.54) is 11.1 Å². The van der Waals surface area contributed by atoms with Crippen LogP contribution in [0.1, 0.15) is 16.7 Å². The second-order valence-corrected chi connectivity index (χ2v) is 6.38. The van der Waals surface area contributed by atoms with Gasteiger partial charge in [-0.05, 0) is 60.9 Å². The topological polar surface area (TPSA) is 63.2 Å². The first-order chi connectivity index (χ1) is 13.0. The van der Waals surface area contributed by atoms with E-state index in [0.717, 1.165) is 22.7 Å². The van der Waals surface area contributed by atoms with Crippen LogP contribution in [0.25, 0.3) is 0 Å². The van der Waals surface area contributed by atoms with Gasteiger partial charge >= 0.3 is 0 Å². The highest BCUT2D eigenvalue weighted by Crippen LogP contribution is 2.23. The summed E-state index contributed by atoms with van der Waals surface area (Å²) in [6.45, 7) is 4.17. The quantitative estimate of drug-likeness (QED) is 0.672. The molecule has 0 aliphatic carbocycles. The fourth-order valence-corrected chi connectivity index (χ4v) is 2.70. The number of rotatable bonds is 6. The molecule has 3 rings (SSSR count). The number of hydrogen-bond donors (Lipinski definition) is 2. The zero-order chi connectivity index (χ0) is 19.2. The summed E-state index contributed by atoms with van der Waals surface area (Å²) < 4.78 is 5.12. The first-order valence-corrected chi connectivity index (χ1v) is 8.77. The minimum absolute atomic E-state index is 0.108. The molecule has 0 atom stereocenters. The Morgan fingerprint density at radius 3 is 2.48 bits per heavy atom. The molecular formula is C22H23N3O2. The zero-order valence-electron chi connectivity index (χ0n) is 15.7. The highest BCUT2D eigenvalue weighted by molar-refractivity contribution is 5.91. The number of carbonyl (C=O) groups excluding carboxylic acids is 1. The van der Waals surface area contributed by atoms with Crippen LogP contribution in [0, 0.1) is 13.8 Å². The van der Waals surface area contributed by atoms with Gasteiger partial charge in [-0.2, -0.15) is 0 Å². The molecule has 1 aromatic heterocycles. The van der Waals surface area contributed by atoms with E-state index < -0.39 is 0 Å². The minimum Gasteiger partial charge on any atom is -0.497 e. The molecule has 5 heteroatoms. The number of anilines is 3. The van der Waals surface area contributed by atoms with Gasteiger partial charge in [-0.15, -0.1) is 0 Å². The van der Waals surface area contributed by atoms with E-state index >= 15 is 0 Å². The summed E-state index contributed by atoms with van der Waals surface area (Å²) in [5.74, 6) is 1.19. The van der Waals surface area contributed by atoms with Crippen LogP contribution in [0.3, 0.4) is 0 Å². The summed E-state index contributed by atoms with van der Waals surface area (Å²) in [4.78, 5) is 16.5. The number of ether oxygens (including phenoxy) is 1. The molecule has 0 saturated carbocycles. The molecule has 3 aromatic rings. The van der Waals surface area contributed by atoms with Crippen molar-refractivity contribution in [2.24, 2.45) is 0 Å². The van der Waals surface area contributed by atoms with Crippen molar-refractivity contribution in [3.63, 3.8) is 0 Å². The number of amides is 1. The highest BCUT2D eigenvalue weighted by Gasteiger charge is 2.06. The van der Waals surface area contributed by atoms with Crippen LogP contribution in [-0.2, 0) is 11.2 Å². The van der Waals surface area contributed by atoms with Crippen LogP contribution in [0.15, 0.2) is 60.8 Å². The number of pyridine rings is 1. The van der Waals surface area contributed by atoms with Crippen molar-refractivity contribution < 1.29 is 9.53 Å². The van der Waals surface area contributed by atoms with Gasteiger partial charge in [0.15, 0.2) is 0 Å². The monoisotopic (exact) mass is 361 g/mol. The lowest BCUT2D eigenvalue weighted by atomic mass is 10.1. The van der Waals surface area contributed by atoms with Crippen molar-refractivity contribution in [3.05, 3.63) is 77.5 Å². The van der Waals surface area contributed by atoms with Crippen LogP contribution in [-0.4, -0.2) is 18.0 Å². The Kier molecular flexibility index (Phi) is 5.71. The lowest BCUT2D eigenvalue weighted by Gasteiger charge is -2.12. The van der Waals surface area contributed by atoms with E-state index in [0.29, 0.717) is 5.82 Å². The maximum absolute atomic E-state index is 12.2. The first-order valence-electron chi connectivity index (χ1n) is 8.77. The number of benzene rings is 2. The zero-order valence-corrected chi connectivity index (χ0v) is 15.7. The van der Waals surface area contributed by atoms with Crippen molar-refractivity contribution in [1.29, 1.82) is 0 Å². The van der Waals surface area contributed by atoms with Crippen LogP contribution in [0.4, 0.5) is 17.2 Å². The van der Waals surface area contributed by atoms with Crippen molar-refractivity contribution >= 4 is 23.1 Å². The summed E-state index contributed by atoms with van der Waals surface area (Å²) >= 11 is 0. The van der Waals surface area contributed by atoms with Crippen molar-refractivity contribution in [2.45, 2.75) is 20.3 Å². The number of nitrogens with zero attached hydrogens (tertiary/aromatic N) is 1. The standard InChI is InChI=1S/C22H23N3O2/c1-15-5-4-6-20(16(15)2)24-18-9-12-21(23-14-18)25-22(26)13-17-7-10-19(27-3)11-8-17/h4-12,14,24H,13H2,1-3H3,(H,23,25,26). The molecule has 0 aliphatic heterocycles. The van der Waals surface area contributed by atoms with Gasteiger partial charge in [0.1, 0.15) is 11.6 Å². The Morgan fingerprint density at radius 1 is 1.04 bits per heavy atom. The lowest BCUT2D eigenvalue weighted by molar-refractivity contribution is -0.115. The smallest absolute Gasteiger partial charge is 0.229 e. The molecule has 0 bridgehead atoms. The summed E-state index contributed by atoms with van der Waals surface area (Å²) in [5, 5.41) is 6.18. The van der Waals surface area contributed by atoms with E-state index in [1.807, 2.05) is 42.5 Å². The van der Waals surface area contributed by atoms with Crippen LogP contribution < -0.4 is 15.4 Å². The molecule has 1 amide bonds. The molecule has 0 spiro atoms. The Labute approximate surface area is 159 Å². The van der Waals surface area contributed by atoms with Gasteiger partial charge in [0, 0.05) is 5.69 Å². The molecule has 27 heavy (non-hydrogen) atoms. The highest BCUT2D eigenvalue weighted by atomic mass is 16.5. The normalized spacial score (nSPS) is 10.3. The summed E-state index contributed by atoms with van der Waals surface area (Å²) in [6, 6.07) is 17.3. The van der Waals surface area contributed by atoms with Gasteiger partial charge < -0.3 is 15.4 Å². The largest absolute Gasteiger partial charge is 0.497 e. The molecule has 0 unspecified atom stereocenters. The van der Waals surface area contributed by atoms with Gasteiger partial charge in [-0.25, -0.2) is 4.98 Å². The minimum atomic E-state index is -0.108. The second kappa shape index (κ2) is 8.36. The van der Waals surface area contributed by atoms with Gasteiger partial charge in [0.05, 0.1) is 25.4 Å². The number of carbonyl (C=O) groups is 1. The number of methoxy groups -OCH3 is 1.